The molecule has 1 aromatic carbocycles. The summed E-state index contributed by atoms with van der Waals surface area (Å²) in [6.45, 7) is 3.60. The Morgan fingerprint density at radius 1 is 1.43 bits per heavy atom. The molecular formula is C17H21N3O3. The highest BCUT2D eigenvalue weighted by atomic mass is 16.5. The number of carbonyl (C=O) groups is 1. The van der Waals surface area contributed by atoms with E-state index in [-0.39, 0.29) is 11.8 Å². The van der Waals surface area contributed by atoms with Crippen LogP contribution in [0.3, 0.4) is 0 Å². The van der Waals surface area contributed by atoms with Gasteiger partial charge in [0.05, 0.1) is 24.3 Å². The normalized spacial score (nSPS) is 20.7. The van der Waals surface area contributed by atoms with Crippen molar-refractivity contribution in [3.8, 4) is 5.75 Å². The third-order valence-electron chi connectivity index (χ3n) is 4.22. The zero-order valence-electron chi connectivity index (χ0n) is 13.3. The molecule has 6 heteroatoms. The predicted molar refractivity (Wildman–Crippen MR) is 87.7 cm³/mol. The second-order valence-corrected chi connectivity index (χ2v) is 5.89. The van der Waals surface area contributed by atoms with E-state index >= 15 is 0 Å². The Balaban J connectivity index is 1.86. The number of hydrogen-bond acceptors (Lipinski definition) is 5. The summed E-state index contributed by atoms with van der Waals surface area (Å²) in [7, 11) is 1.59. The first-order valence-corrected chi connectivity index (χ1v) is 7.71. The molecule has 23 heavy (non-hydrogen) atoms. The summed E-state index contributed by atoms with van der Waals surface area (Å²) >= 11 is 0. The quantitative estimate of drug-likeness (QED) is 0.779. The molecule has 1 fully saturated rings. The van der Waals surface area contributed by atoms with E-state index in [2.05, 4.69) is 15.6 Å². The van der Waals surface area contributed by atoms with Crippen LogP contribution in [0.2, 0.25) is 0 Å². The van der Waals surface area contributed by atoms with E-state index in [4.69, 9.17) is 4.74 Å². The number of benzene rings is 1. The van der Waals surface area contributed by atoms with Crippen molar-refractivity contribution in [3.05, 3.63) is 35.5 Å². The van der Waals surface area contributed by atoms with Crippen LogP contribution in [-0.2, 0) is 0 Å². The molecule has 2 atom stereocenters. The second kappa shape index (κ2) is 6.52. The molecule has 1 aliphatic rings. The number of aromatic nitrogens is 1. The van der Waals surface area contributed by atoms with Crippen LogP contribution in [0.25, 0.3) is 10.9 Å². The van der Waals surface area contributed by atoms with Crippen molar-refractivity contribution < 1.29 is 14.6 Å². The third kappa shape index (κ3) is 3.28. The lowest BCUT2D eigenvalue weighted by molar-refractivity contribution is 0.0928. The van der Waals surface area contributed by atoms with Crippen molar-refractivity contribution in [2.45, 2.75) is 13.0 Å². The van der Waals surface area contributed by atoms with Crippen LogP contribution in [-0.4, -0.2) is 48.8 Å². The van der Waals surface area contributed by atoms with Gasteiger partial charge in [0.15, 0.2) is 0 Å². The largest absolute Gasteiger partial charge is 0.497 e. The van der Waals surface area contributed by atoms with Crippen LogP contribution in [0, 0.1) is 12.8 Å². The van der Waals surface area contributed by atoms with Gasteiger partial charge in [-0.3, -0.25) is 9.78 Å². The number of methoxy groups -OCH3 is 1. The molecule has 1 amide bonds. The predicted octanol–water partition coefficient (Wildman–Crippen LogP) is 0.862. The van der Waals surface area contributed by atoms with E-state index in [0.717, 1.165) is 16.6 Å². The fourth-order valence-electron chi connectivity index (χ4n) is 2.90. The molecule has 2 heterocycles. The molecule has 1 saturated heterocycles. The summed E-state index contributed by atoms with van der Waals surface area (Å²) in [5.74, 6) is 0.572. The maximum absolute atomic E-state index is 12.6. The van der Waals surface area contributed by atoms with Crippen LogP contribution in [0.5, 0.6) is 5.75 Å². The van der Waals surface area contributed by atoms with Crippen LogP contribution in [0.4, 0.5) is 0 Å². The Morgan fingerprint density at radius 3 is 2.96 bits per heavy atom. The molecule has 0 aliphatic carbocycles. The number of hydrogen-bond donors (Lipinski definition) is 3. The van der Waals surface area contributed by atoms with Crippen molar-refractivity contribution in [3.63, 3.8) is 0 Å². The summed E-state index contributed by atoms with van der Waals surface area (Å²) < 4.78 is 5.24. The summed E-state index contributed by atoms with van der Waals surface area (Å²) in [4.78, 5) is 17.1. The van der Waals surface area contributed by atoms with Crippen LogP contribution < -0.4 is 15.4 Å². The number of nitrogens with zero attached hydrogens (tertiary/aromatic N) is 1. The zero-order valence-corrected chi connectivity index (χ0v) is 13.3. The molecule has 6 nitrogen and oxygen atoms in total. The van der Waals surface area contributed by atoms with E-state index in [1.165, 1.54) is 0 Å². The summed E-state index contributed by atoms with van der Waals surface area (Å²) in [5, 5.41) is 16.6. The van der Waals surface area contributed by atoms with Gasteiger partial charge < -0.3 is 20.5 Å². The molecule has 0 spiro atoms. The molecule has 1 aliphatic heterocycles. The minimum atomic E-state index is -0.411. The van der Waals surface area contributed by atoms with E-state index in [9.17, 15) is 9.90 Å². The van der Waals surface area contributed by atoms with Crippen LogP contribution in [0.1, 0.15) is 16.1 Å². The maximum atomic E-state index is 12.6. The van der Waals surface area contributed by atoms with Crippen molar-refractivity contribution in [1.82, 2.24) is 15.6 Å². The highest BCUT2D eigenvalue weighted by molar-refractivity contribution is 6.06. The van der Waals surface area contributed by atoms with E-state index < -0.39 is 6.10 Å². The fraction of sp³-hybridized carbons (Fsp3) is 0.412. The Bertz CT molecular complexity index is 732. The highest BCUT2D eigenvalue weighted by Crippen LogP contribution is 2.23. The molecule has 122 valence electrons. The lowest BCUT2D eigenvalue weighted by Crippen LogP contribution is -2.34. The SMILES string of the molecule is COc1ccc2nc(C)cc(C(=O)NCC3CNCC3O)c2c1. The Hall–Kier alpha value is -2.18. The lowest BCUT2D eigenvalue weighted by Gasteiger charge is -2.15. The van der Waals surface area contributed by atoms with Gasteiger partial charge in [0.25, 0.3) is 5.91 Å². The topological polar surface area (TPSA) is 83.5 Å². The minimum Gasteiger partial charge on any atom is -0.497 e. The van der Waals surface area contributed by atoms with Gasteiger partial charge >= 0.3 is 0 Å². The number of amides is 1. The molecule has 1 aromatic heterocycles. The van der Waals surface area contributed by atoms with Gasteiger partial charge in [-0.1, -0.05) is 0 Å². The first-order valence-electron chi connectivity index (χ1n) is 7.71. The van der Waals surface area contributed by atoms with Crippen molar-refractivity contribution in [1.29, 1.82) is 0 Å². The van der Waals surface area contributed by atoms with Crippen molar-refractivity contribution >= 4 is 16.8 Å². The average Bonchev–Trinajstić information content (AvgIpc) is 2.96. The zero-order chi connectivity index (χ0) is 16.4. The summed E-state index contributed by atoms with van der Waals surface area (Å²) in [6, 6.07) is 7.28. The first kappa shape index (κ1) is 15.7. The molecule has 0 radical (unpaired) electrons. The number of rotatable bonds is 4. The number of pyridine rings is 1. The molecule has 3 N–H and O–H groups in total. The van der Waals surface area contributed by atoms with Crippen LogP contribution in [0.15, 0.2) is 24.3 Å². The van der Waals surface area contributed by atoms with Gasteiger partial charge in [-0.05, 0) is 31.2 Å². The smallest absolute Gasteiger partial charge is 0.252 e. The van der Waals surface area contributed by atoms with Crippen molar-refractivity contribution in [2.75, 3.05) is 26.7 Å². The monoisotopic (exact) mass is 315 g/mol. The minimum absolute atomic E-state index is 0.0442. The third-order valence-corrected chi connectivity index (χ3v) is 4.22. The second-order valence-electron chi connectivity index (χ2n) is 5.89. The molecular weight excluding hydrogens is 294 g/mol. The molecule has 0 saturated carbocycles. The number of ether oxygens (including phenoxy) is 1. The number of β-amino-alcohol motifs (C(OH)–C–C–N with tert-alkyl or cyclic N) is 1. The molecule has 0 bridgehead atoms. The summed E-state index contributed by atoms with van der Waals surface area (Å²) in [5.41, 5.74) is 2.13. The number of carbonyl (C=O) groups excluding carboxylic acids is 1. The van der Waals surface area contributed by atoms with Gasteiger partial charge in [-0.15, -0.1) is 0 Å². The molecule has 3 rings (SSSR count). The Labute approximate surface area is 134 Å². The number of aliphatic hydroxyl groups is 1. The summed E-state index contributed by atoms with van der Waals surface area (Å²) in [6.07, 6.45) is -0.411. The number of fused-ring (bicyclic) bond motifs is 1. The molecule has 2 unspecified atom stereocenters. The number of nitrogens with one attached hydrogen (secondary N) is 2. The number of aliphatic hydroxyl groups excluding tert-OH is 1. The van der Waals surface area contributed by atoms with E-state index in [0.29, 0.717) is 30.9 Å². The number of aryl methyl sites for hydroxylation is 1. The molecule has 2 aromatic rings. The maximum Gasteiger partial charge on any atom is 0.252 e. The highest BCUT2D eigenvalue weighted by Gasteiger charge is 2.25. The van der Waals surface area contributed by atoms with Gasteiger partial charge in [0.1, 0.15) is 5.75 Å². The first-order chi connectivity index (χ1) is 11.1. The van der Waals surface area contributed by atoms with Gasteiger partial charge in [-0.25, -0.2) is 0 Å². The fourth-order valence-corrected chi connectivity index (χ4v) is 2.90. The standard InChI is InChI=1S/C17H21N3O3/c1-10-5-14(13-6-12(23-2)3-4-15(13)20-10)17(22)19-8-11-7-18-9-16(11)21/h3-6,11,16,18,21H,7-9H2,1-2H3,(H,19,22). The van der Waals surface area contributed by atoms with Gasteiger partial charge in [0, 0.05) is 36.6 Å². The Morgan fingerprint density at radius 2 is 2.26 bits per heavy atom. The van der Waals surface area contributed by atoms with E-state index in [1.54, 1.807) is 13.2 Å². The average molecular weight is 315 g/mol. The Kier molecular flexibility index (Phi) is 4.45. The van der Waals surface area contributed by atoms with Crippen molar-refractivity contribution in [2.24, 2.45) is 5.92 Å². The lowest BCUT2D eigenvalue weighted by atomic mass is 10.0. The van der Waals surface area contributed by atoms with Gasteiger partial charge in [0.2, 0.25) is 0 Å². The van der Waals surface area contributed by atoms with Crippen LogP contribution >= 0.6 is 0 Å². The van der Waals surface area contributed by atoms with Gasteiger partial charge in [-0.2, -0.15) is 0 Å². The van der Waals surface area contributed by atoms with E-state index in [1.807, 2.05) is 25.1 Å².